The number of amides is 2. The molecule has 0 spiro atoms. The normalized spacial score (nSPS) is 13.1. The van der Waals surface area contributed by atoms with Crippen molar-refractivity contribution in [3.05, 3.63) is 120 Å². The quantitative estimate of drug-likeness (QED) is 0.382. The van der Waals surface area contributed by atoms with Crippen LogP contribution in [0.3, 0.4) is 0 Å². The van der Waals surface area contributed by atoms with Gasteiger partial charge in [0.25, 0.3) is 0 Å². The molecule has 0 radical (unpaired) electrons. The van der Waals surface area contributed by atoms with Gasteiger partial charge in [0.2, 0.25) is 0 Å². The zero-order chi connectivity index (χ0) is 21.2. The van der Waals surface area contributed by atoms with Gasteiger partial charge in [-0.05, 0) is 47.9 Å². The number of carbonyl (C=O) groups excluding carboxylic acids is 1. The molecule has 1 aliphatic rings. The number of hydrogen-bond donors (Lipinski definition) is 1. The van der Waals surface area contributed by atoms with E-state index in [4.69, 9.17) is 0 Å². The van der Waals surface area contributed by atoms with Gasteiger partial charge in [0, 0.05) is 9.79 Å². The molecule has 1 heterocycles. The van der Waals surface area contributed by atoms with Crippen molar-refractivity contribution < 1.29 is 4.79 Å². The Morgan fingerprint density at radius 2 is 1.29 bits per heavy atom. The molecule has 0 bridgehead atoms. The maximum absolute atomic E-state index is 13.8. The molecular formula is C27H22N2OS. The topological polar surface area (TPSA) is 32.3 Å². The molecule has 1 atom stereocenters. The Balaban J connectivity index is 1.58. The molecule has 0 aromatic heterocycles. The Morgan fingerprint density at radius 3 is 1.94 bits per heavy atom. The minimum Gasteiger partial charge on any atom is -0.326 e. The molecule has 152 valence electrons. The lowest BCUT2D eigenvalue weighted by molar-refractivity contribution is 0.246. The largest absolute Gasteiger partial charge is 0.327 e. The number of hydrogen-bond acceptors (Lipinski definition) is 2. The third kappa shape index (κ3) is 3.71. The van der Waals surface area contributed by atoms with E-state index in [-0.39, 0.29) is 12.1 Å². The number of nitrogens with zero attached hydrogens (tertiary/aromatic N) is 1. The molecule has 2 amide bonds. The van der Waals surface area contributed by atoms with E-state index in [2.05, 4.69) is 48.6 Å². The first-order valence-corrected chi connectivity index (χ1v) is 11.1. The van der Waals surface area contributed by atoms with Crippen LogP contribution in [0.1, 0.15) is 22.7 Å². The van der Waals surface area contributed by atoms with Crippen LogP contribution in [0, 0.1) is 6.92 Å². The second kappa shape index (κ2) is 8.32. The number of rotatable bonds is 3. The summed E-state index contributed by atoms with van der Waals surface area (Å²) in [6.07, 6.45) is 0. The summed E-state index contributed by atoms with van der Waals surface area (Å²) in [6, 6.07) is 34.1. The predicted octanol–water partition coefficient (Wildman–Crippen LogP) is 7.10. The Kier molecular flexibility index (Phi) is 5.23. The monoisotopic (exact) mass is 422 g/mol. The van der Waals surface area contributed by atoms with Crippen LogP contribution in [0.5, 0.6) is 0 Å². The Labute approximate surface area is 186 Å². The molecule has 1 unspecified atom stereocenters. The van der Waals surface area contributed by atoms with Crippen LogP contribution in [-0.4, -0.2) is 6.03 Å². The van der Waals surface area contributed by atoms with Crippen LogP contribution < -0.4 is 10.2 Å². The van der Waals surface area contributed by atoms with E-state index in [1.807, 2.05) is 66.7 Å². The van der Waals surface area contributed by atoms with Crippen molar-refractivity contribution in [2.45, 2.75) is 22.8 Å². The molecule has 0 saturated heterocycles. The van der Waals surface area contributed by atoms with Crippen LogP contribution in [-0.2, 0) is 0 Å². The highest BCUT2D eigenvalue weighted by Gasteiger charge is 2.30. The minimum atomic E-state index is -0.246. The molecule has 4 aromatic carbocycles. The maximum Gasteiger partial charge on any atom is 0.327 e. The number of nitrogens with one attached hydrogen (secondary N) is 1. The van der Waals surface area contributed by atoms with Crippen LogP contribution in [0.15, 0.2) is 113 Å². The average molecular weight is 423 g/mol. The summed E-state index contributed by atoms with van der Waals surface area (Å²) in [7, 11) is 0. The first-order valence-electron chi connectivity index (χ1n) is 10.3. The van der Waals surface area contributed by atoms with E-state index >= 15 is 0 Å². The van der Waals surface area contributed by atoms with Crippen LogP contribution >= 0.6 is 11.8 Å². The smallest absolute Gasteiger partial charge is 0.326 e. The number of fused-ring (bicyclic) bond motifs is 2. The van der Waals surface area contributed by atoms with Crippen LogP contribution in [0.25, 0.3) is 0 Å². The lowest BCUT2D eigenvalue weighted by Crippen LogP contribution is -2.40. The van der Waals surface area contributed by atoms with Gasteiger partial charge in [0.15, 0.2) is 0 Å². The molecule has 0 fully saturated rings. The van der Waals surface area contributed by atoms with Crippen molar-refractivity contribution in [1.29, 1.82) is 0 Å². The third-order valence-corrected chi connectivity index (χ3v) is 6.67. The highest BCUT2D eigenvalue weighted by Crippen LogP contribution is 2.48. The number of para-hydroxylation sites is 2. The Hall–Kier alpha value is -3.50. The summed E-state index contributed by atoms with van der Waals surface area (Å²) in [5.74, 6) is 0. The fraction of sp³-hybridized carbons (Fsp3) is 0.0741. The second-order valence-corrected chi connectivity index (χ2v) is 8.61. The predicted molar refractivity (Wildman–Crippen MR) is 127 cm³/mol. The zero-order valence-corrected chi connectivity index (χ0v) is 18.0. The van der Waals surface area contributed by atoms with Gasteiger partial charge in [-0.3, -0.25) is 4.90 Å². The lowest BCUT2D eigenvalue weighted by atomic mass is 9.95. The first kappa shape index (κ1) is 19.5. The van der Waals surface area contributed by atoms with Crippen molar-refractivity contribution in [1.82, 2.24) is 5.32 Å². The average Bonchev–Trinajstić information content (AvgIpc) is 2.82. The van der Waals surface area contributed by atoms with E-state index in [9.17, 15) is 4.79 Å². The zero-order valence-electron chi connectivity index (χ0n) is 17.2. The standard InChI is InChI=1S/C27H22N2OS/c1-19-11-5-6-14-21(19)26(20-12-3-2-4-13-20)28-27(30)29-22-15-7-9-17-24(22)31-25-18-10-8-16-23(25)29/h2-18,26H,1H3,(H,28,30). The van der Waals surface area contributed by atoms with Crippen LogP contribution in [0.4, 0.5) is 16.2 Å². The van der Waals surface area contributed by atoms with Gasteiger partial charge < -0.3 is 5.32 Å². The fourth-order valence-corrected chi connectivity index (χ4v) is 5.07. The number of benzene rings is 4. The van der Waals surface area contributed by atoms with Crippen molar-refractivity contribution in [2.24, 2.45) is 0 Å². The van der Waals surface area contributed by atoms with Gasteiger partial charge in [-0.15, -0.1) is 0 Å². The summed E-state index contributed by atoms with van der Waals surface area (Å²) in [5.41, 5.74) is 5.10. The number of aryl methyl sites for hydroxylation is 1. The molecule has 0 saturated carbocycles. The third-order valence-electron chi connectivity index (χ3n) is 5.54. The van der Waals surface area contributed by atoms with Gasteiger partial charge in [-0.1, -0.05) is 90.6 Å². The molecule has 1 N–H and O–H groups in total. The molecule has 0 aliphatic carbocycles. The van der Waals surface area contributed by atoms with Gasteiger partial charge in [-0.2, -0.15) is 0 Å². The Morgan fingerprint density at radius 1 is 0.742 bits per heavy atom. The van der Waals surface area contributed by atoms with E-state index in [0.29, 0.717) is 0 Å². The molecular weight excluding hydrogens is 400 g/mol. The van der Waals surface area contributed by atoms with Crippen molar-refractivity contribution >= 4 is 29.2 Å². The van der Waals surface area contributed by atoms with Crippen molar-refractivity contribution in [3.8, 4) is 0 Å². The fourth-order valence-electron chi connectivity index (χ4n) is 4.01. The molecule has 5 rings (SSSR count). The molecule has 1 aliphatic heterocycles. The summed E-state index contributed by atoms with van der Waals surface area (Å²) >= 11 is 1.70. The summed E-state index contributed by atoms with van der Waals surface area (Å²) < 4.78 is 0. The maximum atomic E-state index is 13.8. The summed E-state index contributed by atoms with van der Waals surface area (Å²) in [6.45, 7) is 2.08. The first-order chi connectivity index (χ1) is 15.2. The van der Waals surface area contributed by atoms with E-state index in [0.717, 1.165) is 37.9 Å². The molecule has 4 aromatic rings. The van der Waals surface area contributed by atoms with E-state index in [1.54, 1.807) is 16.7 Å². The summed E-state index contributed by atoms with van der Waals surface area (Å²) in [4.78, 5) is 17.7. The number of anilines is 2. The SMILES string of the molecule is Cc1ccccc1C(NC(=O)N1c2ccccc2Sc2ccccc21)c1ccccc1. The van der Waals surface area contributed by atoms with Crippen LogP contribution in [0.2, 0.25) is 0 Å². The van der Waals surface area contributed by atoms with Gasteiger partial charge in [0.1, 0.15) is 0 Å². The number of urea groups is 1. The highest BCUT2D eigenvalue weighted by molar-refractivity contribution is 7.99. The van der Waals surface area contributed by atoms with Crippen molar-refractivity contribution in [2.75, 3.05) is 4.90 Å². The lowest BCUT2D eigenvalue weighted by Gasteiger charge is -2.33. The Bertz CT molecular complexity index is 1190. The van der Waals surface area contributed by atoms with Gasteiger partial charge >= 0.3 is 6.03 Å². The molecule has 3 nitrogen and oxygen atoms in total. The van der Waals surface area contributed by atoms with Gasteiger partial charge in [-0.25, -0.2) is 4.79 Å². The number of carbonyl (C=O) groups is 1. The van der Waals surface area contributed by atoms with Gasteiger partial charge in [0.05, 0.1) is 17.4 Å². The summed E-state index contributed by atoms with van der Waals surface area (Å²) in [5, 5.41) is 3.32. The molecule has 4 heteroatoms. The minimum absolute atomic E-state index is 0.141. The van der Waals surface area contributed by atoms with E-state index in [1.165, 1.54) is 0 Å². The second-order valence-electron chi connectivity index (χ2n) is 7.52. The molecule has 31 heavy (non-hydrogen) atoms. The van der Waals surface area contributed by atoms with E-state index < -0.39 is 0 Å². The van der Waals surface area contributed by atoms with Crippen molar-refractivity contribution in [3.63, 3.8) is 0 Å². The highest BCUT2D eigenvalue weighted by atomic mass is 32.2.